The molecule has 2 amide bonds. The highest BCUT2D eigenvalue weighted by atomic mass is 16.2. The van der Waals surface area contributed by atoms with Crippen LogP contribution in [0.15, 0.2) is 24.3 Å². The van der Waals surface area contributed by atoms with Gasteiger partial charge in [-0.3, -0.25) is 0 Å². The first-order chi connectivity index (χ1) is 7.96. The summed E-state index contributed by atoms with van der Waals surface area (Å²) in [6, 6.07) is 8.18. The molecule has 0 aliphatic heterocycles. The van der Waals surface area contributed by atoms with Crippen molar-refractivity contribution in [1.29, 1.82) is 5.26 Å². The van der Waals surface area contributed by atoms with Crippen LogP contribution in [0, 0.1) is 23.7 Å². The number of benzene rings is 1. The Labute approximate surface area is 101 Å². The molecule has 0 bridgehead atoms. The standard InChI is InChI=1S/C13H13N3O/c1-4-13(2,3)16-12(17)15-11-7-5-10(9-14)6-8-11/h1,5-8H,2-3H3,(H2,15,16,17). The fourth-order valence-electron chi connectivity index (χ4n) is 1.11. The molecular formula is C13H13N3O. The number of terminal acetylenes is 1. The van der Waals surface area contributed by atoms with Crippen molar-refractivity contribution in [3.8, 4) is 18.4 Å². The molecule has 4 heteroatoms. The molecule has 0 aromatic heterocycles. The summed E-state index contributed by atoms with van der Waals surface area (Å²) in [5, 5.41) is 13.9. The molecule has 17 heavy (non-hydrogen) atoms. The van der Waals surface area contributed by atoms with Gasteiger partial charge in [-0.2, -0.15) is 5.26 Å². The number of carbonyl (C=O) groups is 1. The van der Waals surface area contributed by atoms with Crippen molar-refractivity contribution in [2.24, 2.45) is 0 Å². The second-order valence-corrected chi connectivity index (χ2v) is 4.04. The maximum Gasteiger partial charge on any atom is 0.320 e. The molecule has 0 aliphatic carbocycles. The Balaban J connectivity index is 2.64. The van der Waals surface area contributed by atoms with Crippen LogP contribution in [0.5, 0.6) is 0 Å². The highest BCUT2D eigenvalue weighted by Gasteiger charge is 2.16. The summed E-state index contributed by atoms with van der Waals surface area (Å²) in [5.74, 6) is 2.46. The highest BCUT2D eigenvalue weighted by Crippen LogP contribution is 2.09. The third-order valence-electron chi connectivity index (χ3n) is 2.06. The van der Waals surface area contributed by atoms with Crippen molar-refractivity contribution in [3.05, 3.63) is 29.8 Å². The van der Waals surface area contributed by atoms with E-state index in [2.05, 4.69) is 16.6 Å². The summed E-state index contributed by atoms with van der Waals surface area (Å²) < 4.78 is 0. The van der Waals surface area contributed by atoms with Crippen LogP contribution in [0.2, 0.25) is 0 Å². The lowest BCUT2D eigenvalue weighted by molar-refractivity contribution is 0.247. The van der Waals surface area contributed by atoms with Gasteiger partial charge in [0.1, 0.15) is 0 Å². The Morgan fingerprint density at radius 3 is 2.41 bits per heavy atom. The molecule has 0 spiro atoms. The molecule has 0 unspecified atom stereocenters. The van der Waals surface area contributed by atoms with E-state index in [4.69, 9.17) is 11.7 Å². The molecule has 0 atom stereocenters. The van der Waals surface area contributed by atoms with Crippen molar-refractivity contribution < 1.29 is 4.79 Å². The molecule has 86 valence electrons. The minimum atomic E-state index is -0.698. The number of nitrogens with one attached hydrogen (secondary N) is 2. The van der Waals surface area contributed by atoms with E-state index in [0.717, 1.165) is 0 Å². The minimum absolute atomic E-state index is 0.377. The molecule has 2 N–H and O–H groups in total. The Bertz CT molecular complexity index is 489. The van der Waals surface area contributed by atoms with E-state index in [-0.39, 0.29) is 6.03 Å². The number of carbonyl (C=O) groups excluding carboxylic acids is 1. The molecule has 0 saturated heterocycles. The van der Waals surface area contributed by atoms with Crippen molar-refractivity contribution in [2.45, 2.75) is 19.4 Å². The fraction of sp³-hybridized carbons (Fsp3) is 0.231. The Kier molecular flexibility index (Phi) is 3.74. The van der Waals surface area contributed by atoms with Gasteiger partial charge in [0, 0.05) is 5.69 Å². The lowest BCUT2D eigenvalue weighted by Gasteiger charge is -2.19. The van der Waals surface area contributed by atoms with Crippen LogP contribution in [-0.4, -0.2) is 11.6 Å². The summed E-state index contributed by atoms with van der Waals surface area (Å²) in [5.41, 5.74) is 0.450. The average molecular weight is 227 g/mol. The first kappa shape index (κ1) is 12.6. The summed E-state index contributed by atoms with van der Waals surface area (Å²) in [4.78, 5) is 11.6. The third kappa shape index (κ3) is 3.89. The lowest BCUT2D eigenvalue weighted by Crippen LogP contribution is -2.44. The smallest absolute Gasteiger partial charge is 0.320 e. The van der Waals surface area contributed by atoms with Crippen LogP contribution in [0.3, 0.4) is 0 Å². The van der Waals surface area contributed by atoms with Gasteiger partial charge in [-0.1, -0.05) is 5.92 Å². The number of nitrogens with zero attached hydrogens (tertiary/aromatic N) is 1. The minimum Gasteiger partial charge on any atom is -0.322 e. The predicted molar refractivity (Wildman–Crippen MR) is 66.2 cm³/mol. The van der Waals surface area contributed by atoms with Crippen LogP contribution in [0.1, 0.15) is 19.4 Å². The van der Waals surface area contributed by atoms with Gasteiger partial charge in [-0.25, -0.2) is 4.79 Å². The van der Waals surface area contributed by atoms with Gasteiger partial charge in [0.05, 0.1) is 17.2 Å². The van der Waals surface area contributed by atoms with E-state index in [1.807, 2.05) is 6.07 Å². The zero-order valence-corrected chi connectivity index (χ0v) is 9.74. The number of urea groups is 1. The van der Waals surface area contributed by atoms with E-state index in [1.54, 1.807) is 38.1 Å². The number of rotatable bonds is 2. The van der Waals surface area contributed by atoms with E-state index < -0.39 is 5.54 Å². The Hall–Kier alpha value is -2.46. The highest BCUT2D eigenvalue weighted by molar-refractivity contribution is 5.90. The van der Waals surface area contributed by atoms with Gasteiger partial charge in [0.15, 0.2) is 0 Å². The molecular weight excluding hydrogens is 214 g/mol. The van der Waals surface area contributed by atoms with Crippen LogP contribution in [0.25, 0.3) is 0 Å². The van der Waals surface area contributed by atoms with Crippen LogP contribution in [-0.2, 0) is 0 Å². The van der Waals surface area contributed by atoms with Gasteiger partial charge in [0.2, 0.25) is 0 Å². The maximum atomic E-state index is 11.6. The van der Waals surface area contributed by atoms with E-state index in [0.29, 0.717) is 11.3 Å². The molecule has 1 aromatic rings. The van der Waals surface area contributed by atoms with Crippen LogP contribution in [0.4, 0.5) is 10.5 Å². The van der Waals surface area contributed by atoms with E-state index in [9.17, 15) is 4.79 Å². The van der Waals surface area contributed by atoms with Gasteiger partial charge in [-0.05, 0) is 38.1 Å². The van der Waals surface area contributed by atoms with Gasteiger partial charge < -0.3 is 10.6 Å². The predicted octanol–water partition coefficient (Wildman–Crippen LogP) is 2.09. The van der Waals surface area contributed by atoms with E-state index >= 15 is 0 Å². The summed E-state index contributed by atoms with van der Waals surface area (Å²) >= 11 is 0. The number of hydrogen-bond donors (Lipinski definition) is 2. The number of amides is 2. The average Bonchev–Trinajstić information content (AvgIpc) is 2.29. The first-order valence-corrected chi connectivity index (χ1v) is 5.04. The largest absolute Gasteiger partial charge is 0.322 e. The van der Waals surface area contributed by atoms with Crippen LogP contribution < -0.4 is 10.6 Å². The van der Waals surface area contributed by atoms with Gasteiger partial charge >= 0.3 is 6.03 Å². The fourth-order valence-corrected chi connectivity index (χ4v) is 1.11. The quantitative estimate of drug-likeness (QED) is 0.760. The SMILES string of the molecule is C#CC(C)(C)NC(=O)Nc1ccc(C#N)cc1. The van der Waals surface area contributed by atoms with E-state index in [1.165, 1.54) is 0 Å². The zero-order valence-electron chi connectivity index (χ0n) is 9.74. The van der Waals surface area contributed by atoms with Gasteiger partial charge in [-0.15, -0.1) is 6.42 Å². The Morgan fingerprint density at radius 1 is 1.35 bits per heavy atom. The molecule has 0 saturated carbocycles. The molecule has 1 rings (SSSR count). The van der Waals surface area contributed by atoms with Crippen molar-refractivity contribution in [1.82, 2.24) is 5.32 Å². The topological polar surface area (TPSA) is 64.9 Å². The molecule has 1 aromatic carbocycles. The molecule has 0 aliphatic rings. The number of anilines is 1. The molecule has 0 fully saturated rings. The van der Waals surface area contributed by atoms with Crippen molar-refractivity contribution in [2.75, 3.05) is 5.32 Å². The Morgan fingerprint density at radius 2 is 1.94 bits per heavy atom. The summed E-state index contributed by atoms with van der Waals surface area (Å²) in [7, 11) is 0. The van der Waals surface area contributed by atoms with Crippen LogP contribution >= 0.6 is 0 Å². The third-order valence-corrected chi connectivity index (χ3v) is 2.06. The van der Waals surface area contributed by atoms with Gasteiger partial charge in [0.25, 0.3) is 0 Å². The normalized spacial score (nSPS) is 9.88. The first-order valence-electron chi connectivity index (χ1n) is 5.04. The zero-order chi connectivity index (χ0) is 12.9. The molecule has 0 radical (unpaired) electrons. The maximum absolute atomic E-state index is 11.6. The number of nitriles is 1. The lowest BCUT2D eigenvalue weighted by atomic mass is 10.1. The van der Waals surface area contributed by atoms with Crippen molar-refractivity contribution in [3.63, 3.8) is 0 Å². The van der Waals surface area contributed by atoms with Crippen molar-refractivity contribution >= 4 is 11.7 Å². The summed E-state index contributed by atoms with van der Waals surface area (Å²) in [6.45, 7) is 3.46. The monoisotopic (exact) mass is 227 g/mol. The second kappa shape index (κ2) is 5.05. The number of hydrogen-bond acceptors (Lipinski definition) is 2. The molecule has 0 heterocycles. The summed E-state index contributed by atoms with van der Waals surface area (Å²) in [6.07, 6.45) is 5.26. The second-order valence-electron chi connectivity index (χ2n) is 4.04. The molecule has 4 nitrogen and oxygen atoms in total.